The normalized spacial score (nSPS) is 22.8. The van der Waals surface area contributed by atoms with E-state index >= 15 is 0 Å². The molecule has 27 nitrogen and oxygen atoms in total. The largest absolute Gasteiger partial charge is 0.391 e. The minimum absolute atomic E-state index is 0.00669. The molecule has 0 aliphatic carbocycles. The molecule has 1 heterocycles. The van der Waals surface area contributed by atoms with E-state index in [-0.39, 0.29) is 101 Å². The van der Waals surface area contributed by atoms with Gasteiger partial charge in [-0.1, -0.05) is 53.7 Å². The molecular weight excluding hydrogens is 1070 g/mol. The van der Waals surface area contributed by atoms with Crippen LogP contribution in [-0.4, -0.2) is 156 Å². The Bertz CT molecular complexity index is 2170. The van der Waals surface area contributed by atoms with Gasteiger partial charge in [-0.25, -0.2) is 0 Å². The summed E-state index contributed by atoms with van der Waals surface area (Å²) in [5.41, 5.74) is 30.8. The lowest BCUT2D eigenvalue weighted by Crippen LogP contribution is -2.65. The first-order chi connectivity index (χ1) is 38.9. The van der Waals surface area contributed by atoms with Crippen molar-refractivity contribution in [1.82, 2.24) is 47.9 Å². The molecule has 0 radical (unpaired) electrons. The van der Waals surface area contributed by atoms with Crippen molar-refractivity contribution in [2.24, 2.45) is 57.1 Å². The number of aliphatic imine (C=N–C) groups is 1. The first-order valence-corrected chi connectivity index (χ1v) is 29.5. The molecule has 0 spiro atoms. The second kappa shape index (κ2) is 38.4. The van der Waals surface area contributed by atoms with E-state index in [0.717, 1.165) is 0 Å². The summed E-state index contributed by atoms with van der Waals surface area (Å²) in [5.74, 6) is -8.05. The Morgan fingerprint density at radius 3 is 1.71 bits per heavy atom. The first kappa shape index (κ1) is 74.6. The van der Waals surface area contributed by atoms with Crippen LogP contribution in [0.4, 0.5) is 0 Å². The smallest absolute Gasteiger partial charge is 0.246 e. The second-order valence-electron chi connectivity index (χ2n) is 23.5. The quantitative estimate of drug-likeness (QED) is 0.0165. The van der Waals surface area contributed by atoms with Crippen molar-refractivity contribution in [3.05, 3.63) is 12.2 Å². The van der Waals surface area contributed by atoms with Crippen molar-refractivity contribution in [2.75, 3.05) is 26.2 Å². The van der Waals surface area contributed by atoms with Gasteiger partial charge in [-0.15, -0.1) is 0 Å². The molecule has 0 fully saturated rings. The molecule has 0 bridgehead atoms. The third kappa shape index (κ3) is 28.6. The van der Waals surface area contributed by atoms with Crippen molar-refractivity contribution >= 4 is 65.0 Å². The SMILES string of the molecule is CC(C)C[C@H](NC(=O)[C@H](CC(C)C)NC(=O)[C@@H](NC(=O)[C@H](CCCCN)NC(=O)[C@]1(C)CCC/C=C\CCC[C@](C)(NC(=O)CN)C(=O)N[C@@H](CC(C)C)C(=O)N[C@@H](CCCCN)C(=O)N[C@@H](CCCN=C(N)N)C(=O)N1)[C@@H](C)O)C(N)=O. The van der Waals surface area contributed by atoms with Crippen molar-refractivity contribution in [3.8, 4) is 0 Å². The number of nitrogens with two attached hydrogens (primary N) is 6. The number of unbranched alkanes of at least 4 members (excludes halogenated alkanes) is 2. The molecule has 27 heteroatoms. The molecule has 0 aromatic carbocycles. The van der Waals surface area contributed by atoms with E-state index in [1.165, 1.54) is 13.8 Å². The molecule has 0 saturated carbocycles. The molecular formula is C56H104N16O11. The summed E-state index contributed by atoms with van der Waals surface area (Å²) in [6, 6.07) is -9.05. The summed E-state index contributed by atoms with van der Waals surface area (Å²) >= 11 is 0. The Kier molecular flexibility index (Phi) is 34.5. The van der Waals surface area contributed by atoms with Crippen LogP contribution in [0.2, 0.25) is 0 Å². The highest BCUT2D eigenvalue weighted by Crippen LogP contribution is 2.21. The average Bonchev–Trinajstić information content (AvgIpc) is 3.57. The minimum Gasteiger partial charge on any atom is -0.391 e. The third-order valence-electron chi connectivity index (χ3n) is 14.1. The molecule has 22 N–H and O–H groups in total. The Labute approximate surface area is 490 Å². The molecule has 1 rings (SSSR count). The Morgan fingerprint density at radius 2 is 1.17 bits per heavy atom. The lowest BCUT2D eigenvalue weighted by atomic mass is 9.91. The predicted molar refractivity (Wildman–Crippen MR) is 317 cm³/mol. The van der Waals surface area contributed by atoms with Crippen LogP contribution in [-0.2, 0) is 47.9 Å². The molecule has 0 aromatic heterocycles. The van der Waals surface area contributed by atoms with Gasteiger partial charge in [-0.2, -0.15) is 0 Å². The predicted octanol–water partition coefficient (Wildman–Crippen LogP) is -1.69. The summed E-state index contributed by atoms with van der Waals surface area (Å²) in [5, 5.41) is 35.5. The highest BCUT2D eigenvalue weighted by molar-refractivity contribution is 6.00. The molecule has 10 atom stereocenters. The zero-order valence-electron chi connectivity index (χ0n) is 50.8. The van der Waals surface area contributed by atoms with Gasteiger partial charge in [0.1, 0.15) is 53.4 Å². The van der Waals surface area contributed by atoms with Gasteiger partial charge in [-0.05, 0) is 161 Å². The van der Waals surface area contributed by atoms with Gasteiger partial charge < -0.3 is 87.4 Å². The third-order valence-corrected chi connectivity index (χ3v) is 14.1. The fraction of sp³-hybridized carbons (Fsp3) is 0.768. The number of amides is 10. The fourth-order valence-electron chi connectivity index (χ4n) is 9.36. The van der Waals surface area contributed by atoms with Crippen LogP contribution in [0.1, 0.15) is 171 Å². The van der Waals surface area contributed by atoms with Crippen LogP contribution in [0.15, 0.2) is 17.1 Å². The molecule has 0 aromatic rings. The van der Waals surface area contributed by atoms with Crippen LogP contribution in [0, 0.1) is 17.8 Å². The van der Waals surface area contributed by atoms with Crippen molar-refractivity contribution in [1.29, 1.82) is 0 Å². The summed E-state index contributed by atoms with van der Waals surface area (Å²) in [6.07, 6.45) is 6.15. The maximum Gasteiger partial charge on any atom is 0.246 e. The van der Waals surface area contributed by atoms with Gasteiger partial charge in [0.25, 0.3) is 0 Å². The number of allylic oxidation sites excluding steroid dienone is 2. The van der Waals surface area contributed by atoms with E-state index in [1.54, 1.807) is 6.92 Å². The number of nitrogens with one attached hydrogen (secondary N) is 9. The number of nitrogens with zero attached hydrogens (tertiary/aromatic N) is 1. The number of primary amides is 1. The summed E-state index contributed by atoms with van der Waals surface area (Å²) < 4.78 is 0. The van der Waals surface area contributed by atoms with Crippen LogP contribution < -0.4 is 82.3 Å². The molecule has 83 heavy (non-hydrogen) atoms. The fourth-order valence-corrected chi connectivity index (χ4v) is 9.36. The minimum atomic E-state index is -1.80. The molecule has 474 valence electrons. The number of carbonyl (C=O) groups is 10. The molecule has 10 amide bonds. The van der Waals surface area contributed by atoms with Crippen LogP contribution in [0.3, 0.4) is 0 Å². The van der Waals surface area contributed by atoms with E-state index in [9.17, 15) is 53.1 Å². The van der Waals surface area contributed by atoms with Gasteiger partial charge in [0.15, 0.2) is 5.96 Å². The monoisotopic (exact) mass is 1180 g/mol. The van der Waals surface area contributed by atoms with Crippen molar-refractivity contribution in [2.45, 2.75) is 231 Å². The topological polar surface area (TPSA) is 468 Å². The van der Waals surface area contributed by atoms with Gasteiger partial charge in [0, 0.05) is 6.54 Å². The molecule has 0 unspecified atom stereocenters. The van der Waals surface area contributed by atoms with Crippen molar-refractivity contribution < 1.29 is 53.1 Å². The number of rotatable bonds is 30. The first-order valence-electron chi connectivity index (χ1n) is 29.5. The lowest BCUT2D eigenvalue weighted by molar-refractivity contribution is -0.139. The number of aliphatic hydroxyl groups excluding tert-OH is 1. The second-order valence-corrected chi connectivity index (χ2v) is 23.5. The summed E-state index contributed by atoms with van der Waals surface area (Å²) in [6.45, 7) is 15.5. The molecule has 1 aliphatic heterocycles. The summed E-state index contributed by atoms with van der Waals surface area (Å²) in [7, 11) is 0. The standard InChI is InChI=1S/C56H104N16O11/c1-33(2)29-40(45(60)75)66-48(78)41(30-34(3)4)67-51(81)44(36(7)73)70-47(77)38(22-15-19-27-58)68-53(83)56(9)25-17-13-11-10-12-16-24-55(8,71-43(74)32-59)52(82)69-42(31-35(5)6)49(79)64-37(21-14-18-26-57)46(76)65-39(50(80)72-56)23-20-28-63-54(61)62/h10-11,33-42,44,73H,12-32,57-59H2,1-9H3,(H2,60,75)(H,64,79)(H,65,76)(H,66,78)(H,67,81)(H,68,83)(H,69,82)(H,70,77)(H,71,74)(H,72,80)(H4,61,62,63)/b11-10-/t36-,37+,38+,39+,40+,41+,42+,44+,55+,56+/m1/s1. The zero-order valence-corrected chi connectivity index (χ0v) is 50.8. The van der Waals surface area contributed by atoms with E-state index < -0.39 is 125 Å². The highest BCUT2D eigenvalue weighted by Gasteiger charge is 2.42. The van der Waals surface area contributed by atoms with Gasteiger partial charge in [-0.3, -0.25) is 52.9 Å². The maximum atomic E-state index is 14.9. The molecule has 1 aliphatic rings. The van der Waals surface area contributed by atoms with Crippen molar-refractivity contribution in [3.63, 3.8) is 0 Å². The van der Waals surface area contributed by atoms with Gasteiger partial charge >= 0.3 is 0 Å². The van der Waals surface area contributed by atoms with Crippen LogP contribution in [0.5, 0.6) is 0 Å². The lowest BCUT2D eigenvalue weighted by Gasteiger charge is -2.34. The zero-order chi connectivity index (χ0) is 63.0. The number of aliphatic hydroxyl groups is 1. The Hall–Kier alpha value is -6.45. The Balaban J connectivity index is 3.95. The number of guanidine groups is 1. The van der Waals surface area contributed by atoms with E-state index in [0.29, 0.717) is 51.4 Å². The van der Waals surface area contributed by atoms with Gasteiger partial charge in [0.05, 0.1) is 12.6 Å². The number of carbonyl (C=O) groups excluding carboxylic acids is 10. The van der Waals surface area contributed by atoms with E-state index in [2.05, 4.69) is 52.8 Å². The van der Waals surface area contributed by atoms with Crippen LogP contribution in [0.25, 0.3) is 0 Å². The van der Waals surface area contributed by atoms with E-state index in [4.69, 9.17) is 34.4 Å². The van der Waals surface area contributed by atoms with Crippen LogP contribution >= 0.6 is 0 Å². The van der Waals surface area contributed by atoms with Gasteiger partial charge in [0.2, 0.25) is 59.1 Å². The summed E-state index contributed by atoms with van der Waals surface area (Å²) in [4.78, 5) is 144. The number of hydrogen-bond donors (Lipinski definition) is 16. The maximum absolute atomic E-state index is 14.9. The number of hydrogen-bond acceptors (Lipinski definition) is 15. The molecule has 0 saturated heterocycles. The Morgan fingerprint density at radius 1 is 0.639 bits per heavy atom. The average molecular weight is 1180 g/mol. The van der Waals surface area contributed by atoms with E-state index in [1.807, 2.05) is 53.7 Å². The highest BCUT2D eigenvalue weighted by atomic mass is 16.3.